The number of hydrogen-bond donors (Lipinski definition) is 2. The Labute approximate surface area is 122 Å². The molecule has 0 bridgehead atoms. The summed E-state index contributed by atoms with van der Waals surface area (Å²) < 4.78 is 0. The van der Waals surface area contributed by atoms with E-state index in [-0.39, 0.29) is 6.04 Å². The second-order valence-electron chi connectivity index (χ2n) is 5.23. The van der Waals surface area contributed by atoms with Crippen LogP contribution in [0.2, 0.25) is 0 Å². The molecule has 0 radical (unpaired) electrons. The van der Waals surface area contributed by atoms with Crippen molar-refractivity contribution in [3.8, 4) is 11.1 Å². The van der Waals surface area contributed by atoms with Crippen molar-refractivity contribution in [3.05, 3.63) is 54.6 Å². The molecule has 2 aromatic carbocycles. The number of hydrogen-bond acceptors (Lipinski definition) is 2. The molecule has 0 saturated heterocycles. The molecule has 2 aromatic rings. The predicted octanol–water partition coefficient (Wildman–Crippen LogP) is 4.28. The van der Waals surface area contributed by atoms with Crippen molar-refractivity contribution in [1.82, 2.24) is 0 Å². The van der Waals surface area contributed by atoms with Gasteiger partial charge in [0.25, 0.3) is 0 Å². The van der Waals surface area contributed by atoms with Gasteiger partial charge < -0.3 is 11.1 Å². The Morgan fingerprint density at radius 3 is 2.25 bits per heavy atom. The third-order valence-corrected chi connectivity index (χ3v) is 3.49. The highest BCUT2D eigenvalue weighted by atomic mass is 14.9. The van der Waals surface area contributed by atoms with Crippen LogP contribution in [0.4, 0.5) is 5.69 Å². The van der Waals surface area contributed by atoms with E-state index in [1.54, 1.807) is 0 Å². The third-order valence-electron chi connectivity index (χ3n) is 3.49. The van der Waals surface area contributed by atoms with Crippen molar-refractivity contribution in [2.24, 2.45) is 5.73 Å². The highest BCUT2D eigenvalue weighted by Crippen LogP contribution is 2.20. The smallest absolute Gasteiger partial charge is 0.0341 e. The first kappa shape index (κ1) is 14.6. The second kappa shape index (κ2) is 7.71. The molecule has 0 saturated carbocycles. The molecule has 2 rings (SSSR count). The molecule has 106 valence electrons. The minimum atomic E-state index is 0.240. The predicted molar refractivity (Wildman–Crippen MR) is 87.9 cm³/mol. The lowest BCUT2D eigenvalue weighted by molar-refractivity contribution is 0.596. The monoisotopic (exact) mass is 268 g/mol. The Kier molecular flexibility index (Phi) is 5.63. The summed E-state index contributed by atoms with van der Waals surface area (Å²) in [4.78, 5) is 0. The van der Waals surface area contributed by atoms with Gasteiger partial charge in [0, 0.05) is 18.3 Å². The highest BCUT2D eigenvalue weighted by Gasteiger charge is 2.02. The highest BCUT2D eigenvalue weighted by molar-refractivity contribution is 5.65. The van der Waals surface area contributed by atoms with Gasteiger partial charge in [0.15, 0.2) is 0 Å². The first-order chi connectivity index (χ1) is 9.79. The Morgan fingerprint density at radius 1 is 0.950 bits per heavy atom. The van der Waals surface area contributed by atoms with Crippen LogP contribution in [0.25, 0.3) is 11.1 Å². The molecular weight excluding hydrogens is 244 g/mol. The van der Waals surface area contributed by atoms with E-state index in [1.807, 2.05) is 6.07 Å². The van der Waals surface area contributed by atoms with Crippen molar-refractivity contribution in [2.75, 3.05) is 11.9 Å². The van der Waals surface area contributed by atoms with Gasteiger partial charge >= 0.3 is 0 Å². The average Bonchev–Trinajstić information content (AvgIpc) is 2.52. The summed E-state index contributed by atoms with van der Waals surface area (Å²) >= 11 is 0. The minimum absolute atomic E-state index is 0.240. The first-order valence-electron chi connectivity index (χ1n) is 7.44. The van der Waals surface area contributed by atoms with Crippen LogP contribution in [0.3, 0.4) is 0 Å². The molecule has 0 spiro atoms. The number of nitrogens with one attached hydrogen (secondary N) is 1. The topological polar surface area (TPSA) is 38.0 Å². The van der Waals surface area contributed by atoms with E-state index in [0.29, 0.717) is 0 Å². The number of unbranched alkanes of at least 4 members (excludes halogenated alkanes) is 1. The van der Waals surface area contributed by atoms with Crippen molar-refractivity contribution in [1.29, 1.82) is 0 Å². The second-order valence-corrected chi connectivity index (χ2v) is 5.23. The molecule has 1 atom stereocenters. The van der Waals surface area contributed by atoms with Gasteiger partial charge in [0.1, 0.15) is 0 Å². The summed E-state index contributed by atoms with van der Waals surface area (Å²) in [6.07, 6.45) is 3.50. The summed E-state index contributed by atoms with van der Waals surface area (Å²) in [5, 5.41) is 3.41. The minimum Gasteiger partial charge on any atom is -0.383 e. The molecular formula is C18H24N2. The maximum Gasteiger partial charge on any atom is 0.0341 e. The Balaban J connectivity index is 1.89. The molecule has 0 heterocycles. The largest absolute Gasteiger partial charge is 0.383 e. The lowest BCUT2D eigenvalue weighted by Gasteiger charge is -2.13. The fourth-order valence-electron chi connectivity index (χ4n) is 2.23. The van der Waals surface area contributed by atoms with Crippen LogP contribution in [-0.4, -0.2) is 12.6 Å². The SMILES string of the molecule is CCCCC(N)CNc1ccc(-c2ccccc2)cc1. The van der Waals surface area contributed by atoms with Crippen molar-refractivity contribution in [3.63, 3.8) is 0 Å². The molecule has 0 amide bonds. The first-order valence-corrected chi connectivity index (χ1v) is 7.44. The van der Waals surface area contributed by atoms with Gasteiger partial charge in [0.05, 0.1) is 0 Å². The normalized spacial score (nSPS) is 12.1. The van der Waals surface area contributed by atoms with Crippen LogP contribution in [0.1, 0.15) is 26.2 Å². The van der Waals surface area contributed by atoms with Gasteiger partial charge in [-0.15, -0.1) is 0 Å². The summed E-state index contributed by atoms with van der Waals surface area (Å²) in [6, 6.07) is 19.2. The molecule has 1 unspecified atom stereocenters. The van der Waals surface area contributed by atoms with E-state index >= 15 is 0 Å². The zero-order valence-corrected chi connectivity index (χ0v) is 12.2. The van der Waals surface area contributed by atoms with Gasteiger partial charge in [-0.1, -0.05) is 62.2 Å². The van der Waals surface area contributed by atoms with Gasteiger partial charge in [0.2, 0.25) is 0 Å². The van der Waals surface area contributed by atoms with Gasteiger partial charge in [-0.25, -0.2) is 0 Å². The molecule has 0 aliphatic heterocycles. The molecule has 0 aliphatic carbocycles. The standard InChI is InChI=1S/C18H24N2/c1-2-3-9-17(19)14-20-18-12-10-16(11-13-18)15-7-5-4-6-8-15/h4-8,10-13,17,20H,2-3,9,14,19H2,1H3. The zero-order valence-electron chi connectivity index (χ0n) is 12.2. The summed E-state index contributed by atoms with van der Waals surface area (Å²) in [7, 11) is 0. The lowest BCUT2D eigenvalue weighted by atomic mass is 10.1. The van der Waals surface area contributed by atoms with Crippen molar-refractivity contribution >= 4 is 5.69 Å². The molecule has 2 nitrogen and oxygen atoms in total. The third kappa shape index (κ3) is 4.39. The summed E-state index contributed by atoms with van der Waals surface area (Å²) in [5.41, 5.74) is 9.69. The molecule has 2 heteroatoms. The van der Waals surface area contributed by atoms with Crippen molar-refractivity contribution < 1.29 is 0 Å². The van der Waals surface area contributed by atoms with E-state index in [0.717, 1.165) is 18.7 Å². The van der Waals surface area contributed by atoms with E-state index < -0.39 is 0 Å². The zero-order chi connectivity index (χ0) is 14.2. The molecule has 0 aliphatic rings. The number of anilines is 1. The van der Waals surface area contributed by atoms with Crippen LogP contribution in [-0.2, 0) is 0 Å². The number of nitrogens with two attached hydrogens (primary N) is 1. The fraction of sp³-hybridized carbons (Fsp3) is 0.333. The molecule has 20 heavy (non-hydrogen) atoms. The maximum atomic E-state index is 6.07. The Bertz CT molecular complexity index is 491. The fourth-order valence-corrected chi connectivity index (χ4v) is 2.23. The van der Waals surface area contributed by atoms with Crippen LogP contribution < -0.4 is 11.1 Å². The molecule has 3 N–H and O–H groups in total. The van der Waals surface area contributed by atoms with Crippen LogP contribution in [0.5, 0.6) is 0 Å². The molecule has 0 aromatic heterocycles. The van der Waals surface area contributed by atoms with Crippen LogP contribution in [0.15, 0.2) is 54.6 Å². The van der Waals surface area contributed by atoms with E-state index in [1.165, 1.54) is 24.0 Å². The van der Waals surface area contributed by atoms with Gasteiger partial charge in [-0.05, 0) is 29.7 Å². The van der Waals surface area contributed by atoms with E-state index in [4.69, 9.17) is 5.73 Å². The van der Waals surface area contributed by atoms with Crippen molar-refractivity contribution in [2.45, 2.75) is 32.2 Å². The number of rotatable bonds is 7. The number of benzene rings is 2. The lowest BCUT2D eigenvalue weighted by Crippen LogP contribution is -2.28. The average molecular weight is 268 g/mol. The van der Waals surface area contributed by atoms with E-state index in [2.05, 4.69) is 60.8 Å². The van der Waals surface area contributed by atoms with Gasteiger partial charge in [-0.3, -0.25) is 0 Å². The van der Waals surface area contributed by atoms with E-state index in [9.17, 15) is 0 Å². The summed E-state index contributed by atoms with van der Waals surface area (Å²) in [5.74, 6) is 0. The molecule has 0 fully saturated rings. The van der Waals surface area contributed by atoms with Crippen LogP contribution in [0, 0.1) is 0 Å². The summed E-state index contributed by atoms with van der Waals surface area (Å²) in [6.45, 7) is 3.03. The van der Waals surface area contributed by atoms with Gasteiger partial charge in [-0.2, -0.15) is 0 Å². The Hall–Kier alpha value is -1.80. The Morgan fingerprint density at radius 2 is 1.60 bits per heavy atom. The maximum absolute atomic E-state index is 6.07. The van der Waals surface area contributed by atoms with Crippen LogP contribution >= 0.6 is 0 Å². The quantitative estimate of drug-likeness (QED) is 0.786.